The van der Waals surface area contributed by atoms with Gasteiger partial charge >= 0.3 is 5.97 Å². The number of hydrogen-bond donors (Lipinski definition) is 2. The van der Waals surface area contributed by atoms with Crippen LogP contribution < -0.4 is 0 Å². The van der Waals surface area contributed by atoms with Gasteiger partial charge in [-0.05, 0) is 23.8 Å². The zero-order valence-corrected chi connectivity index (χ0v) is 10.3. The Morgan fingerprint density at radius 3 is 3.00 bits per heavy atom. The van der Waals surface area contributed by atoms with Crippen LogP contribution in [0.25, 0.3) is 10.9 Å². The molecule has 17 heavy (non-hydrogen) atoms. The first-order valence-corrected chi connectivity index (χ1v) is 6.77. The lowest BCUT2D eigenvalue weighted by molar-refractivity contribution is -0.137. The van der Waals surface area contributed by atoms with Gasteiger partial charge in [-0.1, -0.05) is 18.2 Å². The summed E-state index contributed by atoms with van der Waals surface area (Å²) in [5, 5.41) is 9.79. The zero-order valence-electron chi connectivity index (χ0n) is 9.48. The fourth-order valence-corrected chi connectivity index (χ4v) is 2.71. The third-order valence-corrected chi connectivity index (χ3v) is 3.70. The van der Waals surface area contributed by atoms with E-state index < -0.39 is 5.97 Å². The van der Waals surface area contributed by atoms with Gasteiger partial charge in [0.25, 0.3) is 0 Å². The van der Waals surface area contributed by atoms with Crippen LogP contribution in [-0.2, 0) is 10.5 Å². The Kier molecular flexibility index (Phi) is 4.09. The Bertz CT molecular complexity index is 507. The van der Waals surface area contributed by atoms with E-state index in [1.807, 2.05) is 18.3 Å². The molecule has 1 aromatic carbocycles. The van der Waals surface area contributed by atoms with E-state index in [1.165, 1.54) is 10.9 Å². The lowest BCUT2D eigenvalue weighted by Gasteiger charge is -1.99. The van der Waals surface area contributed by atoms with E-state index in [2.05, 4.69) is 17.1 Å². The van der Waals surface area contributed by atoms with Crippen LogP contribution in [0.15, 0.2) is 30.5 Å². The number of rotatable bonds is 6. The molecule has 0 radical (unpaired) electrons. The van der Waals surface area contributed by atoms with E-state index in [0.29, 0.717) is 0 Å². The Balaban J connectivity index is 1.85. The normalized spacial score (nSPS) is 10.8. The van der Waals surface area contributed by atoms with Crippen LogP contribution in [0.2, 0.25) is 0 Å². The van der Waals surface area contributed by atoms with E-state index in [0.717, 1.165) is 23.4 Å². The minimum atomic E-state index is -0.710. The van der Waals surface area contributed by atoms with Gasteiger partial charge < -0.3 is 10.1 Å². The fourth-order valence-electron chi connectivity index (χ4n) is 1.76. The molecule has 4 heteroatoms. The highest BCUT2D eigenvalue weighted by Crippen LogP contribution is 2.22. The van der Waals surface area contributed by atoms with E-state index >= 15 is 0 Å². The molecule has 0 bridgehead atoms. The summed E-state index contributed by atoms with van der Waals surface area (Å²) in [4.78, 5) is 13.6. The van der Waals surface area contributed by atoms with Crippen molar-refractivity contribution >= 4 is 28.6 Å². The minimum Gasteiger partial charge on any atom is -0.481 e. The number of carbonyl (C=O) groups is 1. The maximum Gasteiger partial charge on any atom is 0.303 e. The molecule has 2 rings (SSSR count). The largest absolute Gasteiger partial charge is 0.481 e. The number of fused-ring (bicyclic) bond motifs is 1. The van der Waals surface area contributed by atoms with E-state index in [1.54, 1.807) is 11.8 Å². The van der Waals surface area contributed by atoms with Crippen molar-refractivity contribution in [2.24, 2.45) is 0 Å². The van der Waals surface area contributed by atoms with Gasteiger partial charge in [0.15, 0.2) is 0 Å². The average Bonchev–Trinajstić information content (AvgIpc) is 2.72. The number of thioether (sulfide) groups is 1. The molecular formula is C13H15NO2S. The van der Waals surface area contributed by atoms with Crippen molar-refractivity contribution in [2.45, 2.75) is 18.6 Å². The fraction of sp³-hybridized carbons (Fsp3) is 0.308. The van der Waals surface area contributed by atoms with E-state index in [9.17, 15) is 4.79 Å². The van der Waals surface area contributed by atoms with Crippen molar-refractivity contribution in [3.63, 3.8) is 0 Å². The molecular weight excluding hydrogens is 234 g/mol. The first-order chi connectivity index (χ1) is 8.27. The zero-order chi connectivity index (χ0) is 12.1. The number of aromatic amines is 1. The Labute approximate surface area is 104 Å². The molecule has 2 aromatic rings. The van der Waals surface area contributed by atoms with Gasteiger partial charge in [-0.15, -0.1) is 0 Å². The second-order valence-electron chi connectivity index (χ2n) is 3.91. The number of carboxylic acid groups (broad SMARTS) is 1. The SMILES string of the molecule is O=C(O)CCCSCc1c[nH]c2ccccc12. The van der Waals surface area contributed by atoms with Crippen LogP contribution >= 0.6 is 11.8 Å². The number of aromatic nitrogens is 1. The Morgan fingerprint density at radius 2 is 2.18 bits per heavy atom. The minimum absolute atomic E-state index is 0.265. The summed E-state index contributed by atoms with van der Waals surface area (Å²) >= 11 is 1.78. The van der Waals surface area contributed by atoms with Crippen molar-refractivity contribution in [1.82, 2.24) is 4.98 Å². The van der Waals surface area contributed by atoms with Crippen LogP contribution in [0.5, 0.6) is 0 Å². The summed E-state index contributed by atoms with van der Waals surface area (Å²) in [7, 11) is 0. The van der Waals surface area contributed by atoms with Crippen LogP contribution in [-0.4, -0.2) is 21.8 Å². The lowest BCUT2D eigenvalue weighted by Crippen LogP contribution is -1.94. The second kappa shape index (κ2) is 5.77. The van der Waals surface area contributed by atoms with Gasteiger partial charge in [0.2, 0.25) is 0 Å². The molecule has 0 unspecified atom stereocenters. The molecule has 0 saturated heterocycles. The van der Waals surface area contributed by atoms with Gasteiger partial charge in [-0.25, -0.2) is 0 Å². The molecule has 2 N–H and O–H groups in total. The van der Waals surface area contributed by atoms with E-state index in [-0.39, 0.29) is 6.42 Å². The third-order valence-electron chi connectivity index (χ3n) is 2.61. The lowest BCUT2D eigenvalue weighted by atomic mass is 10.2. The molecule has 0 aliphatic rings. The van der Waals surface area contributed by atoms with Gasteiger partial charge in [0.1, 0.15) is 0 Å². The van der Waals surface area contributed by atoms with Crippen LogP contribution in [0.4, 0.5) is 0 Å². The number of aliphatic carboxylic acids is 1. The van der Waals surface area contributed by atoms with Gasteiger partial charge in [0, 0.05) is 29.3 Å². The number of nitrogens with one attached hydrogen (secondary N) is 1. The highest BCUT2D eigenvalue weighted by molar-refractivity contribution is 7.98. The predicted octanol–water partition coefficient (Wildman–Crippen LogP) is 3.27. The van der Waals surface area contributed by atoms with Crippen molar-refractivity contribution in [3.8, 4) is 0 Å². The van der Waals surface area contributed by atoms with Gasteiger partial charge in [0.05, 0.1) is 0 Å². The number of H-pyrrole nitrogens is 1. The van der Waals surface area contributed by atoms with Crippen molar-refractivity contribution < 1.29 is 9.90 Å². The quantitative estimate of drug-likeness (QED) is 0.772. The number of para-hydroxylation sites is 1. The van der Waals surface area contributed by atoms with Crippen molar-refractivity contribution in [1.29, 1.82) is 0 Å². The summed E-state index contributed by atoms with van der Waals surface area (Å²) in [6.07, 6.45) is 3.04. The smallest absolute Gasteiger partial charge is 0.303 e. The molecule has 0 fully saturated rings. The second-order valence-corrected chi connectivity index (χ2v) is 5.01. The summed E-state index contributed by atoms with van der Waals surface area (Å²) in [5.41, 5.74) is 2.45. The monoisotopic (exact) mass is 249 g/mol. The maximum atomic E-state index is 10.4. The number of benzene rings is 1. The molecule has 0 atom stereocenters. The van der Waals surface area contributed by atoms with Crippen LogP contribution in [0, 0.1) is 0 Å². The highest BCUT2D eigenvalue weighted by atomic mass is 32.2. The molecule has 90 valence electrons. The Hall–Kier alpha value is -1.42. The van der Waals surface area contributed by atoms with E-state index in [4.69, 9.17) is 5.11 Å². The molecule has 3 nitrogen and oxygen atoms in total. The number of carboxylic acids is 1. The molecule has 0 aliphatic carbocycles. The number of hydrogen-bond acceptors (Lipinski definition) is 2. The first kappa shape index (κ1) is 12.0. The van der Waals surface area contributed by atoms with Crippen molar-refractivity contribution in [3.05, 3.63) is 36.0 Å². The third kappa shape index (κ3) is 3.27. The van der Waals surface area contributed by atoms with Gasteiger partial charge in [-0.3, -0.25) is 4.79 Å². The summed E-state index contributed by atoms with van der Waals surface area (Å²) in [6.45, 7) is 0. The summed E-state index contributed by atoms with van der Waals surface area (Å²) < 4.78 is 0. The standard InChI is InChI=1S/C13H15NO2S/c15-13(16)6-3-7-17-9-10-8-14-12-5-2-1-4-11(10)12/h1-2,4-5,8,14H,3,6-7,9H2,(H,15,16). The molecule has 0 spiro atoms. The summed E-state index contributed by atoms with van der Waals surface area (Å²) in [6, 6.07) is 8.23. The van der Waals surface area contributed by atoms with Crippen molar-refractivity contribution in [2.75, 3.05) is 5.75 Å². The molecule has 0 amide bonds. The average molecular weight is 249 g/mol. The molecule has 0 aliphatic heterocycles. The molecule has 0 saturated carbocycles. The van der Waals surface area contributed by atoms with Crippen LogP contribution in [0.1, 0.15) is 18.4 Å². The maximum absolute atomic E-state index is 10.4. The summed E-state index contributed by atoms with van der Waals surface area (Å²) in [5.74, 6) is 1.12. The molecule has 1 heterocycles. The topological polar surface area (TPSA) is 53.1 Å². The Morgan fingerprint density at radius 1 is 1.35 bits per heavy atom. The highest BCUT2D eigenvalue weighted by Gasteiger charge is 2.03. The van der Waals surface area contributed by atoms with Gasteiger partial charge in [-0.2, -0.15) is 11.8 Å². The van der Waals surface area contributed by atoms with Crippen LogP contribution in [0.3, 0.4) is 0 Å². The predicted molar refractivity (Wildman–Crippen MR) is 71.3 cm³/mol. The molecule has 1 aromatic heterocycles. The first-order valence-electron chi connectivity index (χ1n) is 5.62.